The second-order valence-electron chi connectivity index (χ2n) is 4.43. The summed E-state index contributed by atoms with van der Waals surface area (Å²) in [4.78, 5) is 15.8. The monoisotopic (exact) mass is 390 g/mol. The number of rotatable bonds is 4. The van der Waals surface area contributed by atoms with Gasteiger partial charge in [-0.05, 0) is 30.5 Å². The predicted octanol–water partition coefficient (Wildman–Crippen LogP) is 1.20. The highest BCUT2D eigenvalue weighted by atomic mass is 127. The van der Waals surface area contributed by atoms with Crippen LogP contribution in [0.25, 0.3) is 0 Å². The van der Waals surface area contributed by atoms with Crippen LogP contribution in [-0.4, -0.2) is 24.6 Å². The summed E-state index contributed by atoms with van der Waals surface area (Å²) < 4.78 is 5.33. The van der Waals surface area contributed by atoms with E-state index >= 15 is 0 Å². The zero-order valence-electron chi connectivity index (χ0n) is 11.0. The van der Waals surface area contributed by atoms with Crippen molar-refractivity contribution in [3.63, 3.8) is 0 Å². The molecule has 0 aliphatic carbocycles. The highest BCUT2D eigenvalue weighted by Gasteiger charge is 2.23. The predicted molar refractivity (Wildman–Crippen MR) is 89.0 cm³/mol. The number of hydrogen-bond acceptors (Lipinski definition) is 3. The third-order valence-corrected chi connectivity index (χ3v) is 2.86. The lowest BCUT2D eigenvalue weighted by Gasteiger charge is -2.11. The molecule has 2 rings (SSSR count). The fourth-order valence-electron chi connectivity index (χ4n) is 1.94. The van der Waals surface area contributed by atoms with Gasteiger partial charge >= 0.3 is 0 Å². The first-order chi connectivity index (χ1) is 9.15. The maximum absolute atomic E-state index is 11.9. The molecule has 1 atom stereocenters. The first-order valence-corrected chi connectivity index (χ1v) is 6.22. The molecule has 1 saturated heterocycles. The van der Waals surface area contributed by atoms with E-state index in [1.807, 2.05) is 24.3 Å². The molecule has 1 aliphatic heterocycles. The van der Waals surface area contributed by atoms with Crippen molar-refractivity contribution in [2.75, 3.05) is 11.9 Å². The fourth-order valence-corrected chi connectivity index (χ4v) is 1.94. The van der Waals surface area contributed by atoms with Crippen LogP contribution in [0.15, 0.2) is 29.3 Å². The maximum atomic E-state index is 11.9. The number of amides is 1. The van der Waals surface area contributed by atoms with Crippen molar-refractivity contribution in [2.45, 2.75) is 25.5 Å². The van der Waals surface area contributed by atoms with Gasteiger partial charge in [0.2, 0.25) is 0 Å². The molecule has 0 radical (unpaired) electrons. The molecule has 0 saturated carbocycles. The van der Waals surface area contributed by atoms with E-state index in [2.05, 4.69) is 10.3 Å². The summed E-state index contributed by atoms with van der Waals surface area (Å²) in [6.45, 7) is 1.05. The summed E-state index contributed by atoms with van der Waals surface area (Å²) in [5.74, 6) is -0.0507. The number of guanidine groups is 1. The lowest BCUT2D eigenvalue weighted by atomic mass is 10.2. The molecule has 0 spiro atoms. The molecule has 110 valence electrons. The van der Waals surface area contributed by atoms with E-state index in [-0.39, 0.29) is 41.9 Å². The summed E-state index contributed by atoms with van der Waals surface area (Å²) in [5.41, 5.74) is 12.2. The Bertz CT molecular complexity index is 483. The van der Waals surface area contributed by atoms with Crippen LogP contribution < -0.4 is 16.8 Å². The Balaban J connectivity index is 0.00000200. The Labute approximate surface area is 135 Å². The van der Waals surface area contributed by atoms with Crippen LogP contribution in [0.3, 0.4) is 0 Å². The third-order valence-electron chi connectivity index (χ3n) is 2.86. The number of carbonyl (C=O) groups is 1. The van der Waals surface area contributed by atoms with Gasteiger partial charge in [-0.1, -0.05) is 12.1 Å². The van der Waals surface area contributed by atoms with Gasteiger partial charge in [-0.3, -0.25) is 4.79 Å². The summed E-state index contributed by atoms with van der Waals surface area (Å²) in [7, 11) is 0. The number of nitrogens with zero attached hydrogens (tertiary/aromatic N) is 1. The summed E-state index contributed by atoms with van der Waals surface area (Å²) >= 11 is 0. The van der Waals surface area contributed by atoms with E-state index in [0.29, 0.717) is 13.2 Å². The van der Waals surface area contributed by atoms with Crippen molar-refractivity contribution in [1.82, 2.24) is 0 Å². The zero-order valence-corrected chi connectivity index (χ0v) is 13.4. The average Bonchev–Trinajstić information content (AvgIpc) is 2.91. The summed E-state index contributed by atoms with van der Waals surface area (Å²) in [5, 5.41) is 2.84. The van der Waals surface area contributed by atoms with Crippen LogP contribution in [0.4, 0.5) is 5.69 Å². The Hall–Kier alpha value is -1.35. The highest BCUT2D eigenvalue weighted by molar-refractivity contribution is 14.0. The number of nitrogens with two attached hydrogens (primary N) is 2. The van der Waals surface area contributed by atoms with Gasteiger partial charge in [0.1, 0.15) is 6.10 Å². The van der Waals surface area contributed by atoms with Gasteiger partial charge in [-0.25, -0.2) is 4.99 Å². The molecule has 1 aromatic rings. The van der Waals surface area contributed by atoms with Crippen LogP contribution in [0.2, 0.25) is 0 Å². The number of nitrogens with one attached hydrogen (secondary N) is 1. The van der Waals surface area contributed by atoms with Crippen molar-refractivity contribution in [2.24, 2.45) is 16.5 Å². The summed E-state index contributed by atoms with van der Waals surface area (Å²) in [6.07, 6.45) is 1.38. The van der Waals surface area contributed by atoms with Crippen molar-refractivity contribution in [1.29, 1.82) is 0 Å². The minimum Gasteiger partial charge on any atom is -0.370 e. The van der Waals surface area contributed by atoms with E-state index in [4.69, 9.17) is 16.2 Å². The van der Waals surface area contributed by atoms with E-state index in [0.717, 1.165) is 24.1 Å². The summed E-state index contributed by atoms with van der Waals surface area (Å²) in [6, 6.07) is 7.42. The van der Waals surface area contributed by atoms with Crippen LogP contribution in [-0.2, 0) is 16.1 Å². The molecule has 7 heteroatoms. The standard InChI is InChI=1S/C13H18N4O2.HI/c14-13(15)16-8-9-3-1-4-10(7-9)17-12(18)11-5-2-6-19-11;/h1,3-4,7,11H,2,5-6,8H2,(H,17,18)(H4,14,15,16);1H. The smallest absolute Gasteiger partial charge is 0.253 e. The van der Waals surface area contributed by atoms with Gasteiger partial charge in [-0.2, -0.15) is 0 Å². The molecule has 5 N–H and O–H groups in total. The fraction of sp³-hybridized carbons (Fsp3) is 0.385. The van der Waals surface area contributed by atoms with Gasteiger partial charge in [0.05, 0.1) is 6.54 Å². The Morgan fingerprint density at radius 1 is 1.45 bits per heavy atom. The van der Waals surface area contributed by atoms with E-state index in [9.17, 15) is 4.79 Å². The van der Waals surface area contributed by atoms with Crippen LogP contribution in [0.5, 0.6) is 0 Å². The first kappa shape index (κ1) is 16.7. The lowest BCUT2D eigenvalue weighted by molar-refractivity contribution is -0.124. The number of carbonyl (C=O) groups excluding carboxylic acids is 1. The normalized spacial score (nSPS) is 17.1. The number of anilines is 1. The first-order valence-electron chi connectivity index (χ1n) is 6.22. The van der Waals surface area contributed by atoms with Crippen molar-refractivity contribution < 1.29 is 9.53 Å². The van der Waals surface area contributed by atoms with Crippen LogP contribution >= 0.6 is 24.0 Å². The zero-order chi connectivity index (χ0) is 13.7. The number of halogens is 1. The number of aliphatic imine (C=N–C) groups is 1. The van der Waals surface area contributed by atoms with Crippen LogP contribution in [0, 0.1) is 0 Å². The third kappa shape index (κ3) is 4.97. The molecule has 20 heavy (non-hydrogen) atoms. The Morgan fingerprint density at radius 3 is 2.90 bits per heavy atom. The second kappa shape index (κ2) is 8.05. The molecule has 0 aromatic heterocycles. The molecule has 1 amide bonds. The van der Waals surface area contributed by atoms with E-state index < -0.39 is 0 Å². The molecule has 0 bridgehead atoms. The van der Waals surface area contributed by atoms with Gasteiger partial charge in [0.25, 0.3) is 5.91 Å². The minimum atomic E-state index is -0.332. The molecule has 1 unspecified atom stereocenters. The largest absolute Gasteiger partial charge is 0.370 e. The molecular formula is C13H19IN4O2. The van der Waals surface area contributed by atoms with E-state index in [1.165, 1.54) is 0 Å². The minimum absolute atomic E-state index is 0. The molecule has 1 aromatic carbocycles. The van der Waals surface area contributed by atoms with Gasteiger partial charge in [-0.15, -0.1) is 24.0 Å². The lowest BCUT2D eigenvalue weighted by Crippen LogP contribution is -2.26. The Kier molecular flexibility index (Phi) is 6.73. The van der Waals surface area contributed by atoms with Crippen molar-refractivity contribution >= 4 is 41.5 Å². The number of ether oxygens (including phenoxy) is 1. The second-order valence-corrected chi connectivity index (χ2v) is 4.43. The number of hydrogen-bond donors (Lipinski definition) is 3. The molecule has 1 aliphatic rings. The topological polar surface area (TPSA) is 103 Å². The van der Waals surface area contributed by atoms with Crippen LogP contribution in [0.1, 0.15) is 18.4 Å². The molecule has 1 fully saturated rings. The quantitative estimate of drug-likeness (QED) is 0.408. The van der Waals surface area contributed by atoms with Gasteiger partial charge in [0.15, 0.2) is 5.96 Å². The Morgan fingerprint density at radius 2 is 2.25 bits per heavy atom. The molecule has 6 nitrogen and oxygen atoms in total. The van der Waals surface area contributed by atoms with Crippen molar-refractivity contribution in [3.05, 3.63) is 29.8 Å². The SMILES string of the molecule is I.NC(N)=NCc1cccc(NC(=O)C2CCCO2)c1. The van der Waals surface area contributed by atoms with Gasteiger partial charge < -0.3 is 21.5 Å². The molecular weight excluding hydrogens is 371 g/mol. The van der Waals surface area contributed by atoms with Gasteiger partial charge in [0, 0.05) is 12.3 Å². The number of benzene rings is 1. The highest BCUT2D eigenvalue weighted by Crippen LogP contribution is 2.16. The molecule has 1 heterocycles. The average molecular weight is 390 g/mol. The maximum Gasteiger partial charge on any atom is 0.253 e. The van der Waals surface area contributed by atoms with E-state index in [1.54, 1.807) is 0 Å². The van der Waals surface area contributed by atoms with Crippen molar-refractivity contribution in [3.8, 4) is 0 Å².